The molecule has 0 N–H and O–H groups in total. The molecule has 0 atom stereocenters. The molecule has 1 nitrogen and oxygen atoms in total. The molecule has 0 aromatic heterocycles. The maximum absolute atomic E-state index is 8.06. The molecule has 0 aliphatic rings. The van der Waals surface area contributed by atoms with Gasteiger partial charge in [-0.05, 0) is 0 Å². The molecule has 5 heavy (non-hydrogen) atoms. The summed E-state index contributed by atoms with van der Waals surface area (Å²) in [5.41, 5.74) is 0. The van der Waals surface area contributed by atoms with Gasteiger partial charge < -0.3 is 0 Å². The Labute approximate surface area is 99.3 Å². The van der Waals surface area contributed by atoms with Crippen LogP contribution in [-0.4, -0.2) is 51.4 Å². The van der Waals surface area contributed by atoms with E-state index in [0.717, 1.165) is 0 Å². The van der Waals surface area contributed by atoms with E-state index in [-0.39, 0.29) is 87.9 Å². The monoisotopic (exact) mass is 215 g/mol. The Morgan fingerprint density at radius 3 is 1.20 bits per heavy atom. The third kappa shape index (κ3) is 19.8. The molecule has 0 fully saturated rings. The van der Waals surface area contributed by atoms with Gasteiger partial charge >= 0.3 is 51.4 Å². The third-order valence-corrected chi connectivity index (χ3v) is 0. The average molecular weight is 217 g/mol. The van der Waals surface area contributed by atoms with Crippen LogP contribution in [0.2, 0.25) is 0 Å². The molecule has 5 heteroatoms. The summed E-state index contributed by atoms with van der Waals surface area (Å²) in [6.07, 6.45) is 0. The first-order valence-electron chi connectivity index (χ1n) is 0.204. The maximum atomic E-state index is 8.06. The van der Waals surface area contributed by atoms with E-state index in [1.54, 1.807) is 9.12 Å². The first-order valence-corrected chi connectivity index (χ1v) is 0.612. The Balaban J connectivity index is -0.00000000167. The normalized spacial score (nSPS) is 0.800. The number of hydrogen-bond donors (Lipinski definition) is 0. The van der Waals surface area contributed by atoms with Gasteiger partial charge in [-0.3, -0.25) is 4.57 Å². The predicted molar refractivity (Wildman–Crippen MR) is 16.2 cm³/mol. The quantitative estimate of drug-likeness (QED) is 0.406. The van der Waals surface area contributed by atoms with Crippen LogP contribution in [0.1, 0.15) is 0 Å². The average Bonchev–Trinajstić information content (AvgIpc) is 1.00. The molecule has 0 aromatic rings. The standard InChI is InChI=1S/Cu.K.HOP.Zn.H/c;;1-2;;/h;;2H;;. The van der Waals surface area contributed by atoms with Crippen LogP contribution in [0.4, 0.5) is 0 Å². The molecule has 0 spiro atoms. The molecule has 0 rings (SSSR count). The van der Waals surface area contributed by atoms with Crippen LogP contribution in [0, 0.1) is 0 Å². The summed E-state index contributed by atoms with van der Waals surface area (Å²) in [4.78, 5) is 0. The first kappa shape index (κ1) is 24.8. The van der Waals surface area contributed by atoms with Gasteiger partial charge in [0.25, 0.3) is 0 Å². The molecule has 0 unspecified atom stereocenters. The van der Waals surface area contributed by atoms with Crippen molar-refractivity contribution >= 4 is 60.5 Å². The second kappa shape index (κ2) is 28.7. The topological polar surface area (TPSA) is 17.1 Å². The van der Waals surface area contributed by atoms with Gasteiger partial charge in [0.1, 0.15) is 9.12 Å². The maximum Gasteiger partial charge on any atom is 0 e. The summed E-state index contributed by atoms with van der Waals surface area (Å²) >= 11 is 0. The zero-order valence-electron chi connectivity index (χ0n) is 1.92. The Kier molecular flexibility index (Phi) is 142. The third-order valence-electron chi connectivity index (χ3n) is 0. The van der Waals surface area contributed by atoms with Gasteiger partial charge in [0, 0.05) is 36.5 Å². The van der Waals surface area contributed by atoms with Crippen LogP contribution in [0.15, 0.2) is 0 Å². The van der Waals surface area contributed by atoms with E-state index in [9.17, 15) is 0 Å². The van der Waals surface area contributed by atoms with Gasteiger partial charge in [0.05, 0.1) is 0 Å². The fraction of sp³-hybridized carbons (Fsp3) is 0. The summed E-state index contributed by atoms with van der Waals surface area (Å²) < 4.78 is 8.06. The van der Waals surface area contributed by atoms with Crippen LogP contribution >= 0.6 is 9.12 Å². The van der Waals surface area contributed by atoms with E-state index in [1.807, 2.05) is 0 Å². The summed E-state index contributed by atoms with van der Waals surface area (Å²) in [5, 5.41) is 0. The van der Waals surface area contributed by atoms with Crippen LogP contribution in [0.5, 0.6) is 0 Å². The zero-order chi connectivity index (χ0) is 2.00. The molecule has 0 saturated carbocycles. The minimum absolute atomic E-state index is 0. The van der Waals surface area contributed by atoms with Gasteiger partial charge in [-0.1, -0.05) is 0 Å². The minimum Gasteiger partial charge on any atom is 0 e. The predicted octanol–water partition coefficient (Wildman–Crippen LogP) is -0.179. The second-order valence-electron chi connectivity index (χ2n) is 0. The fourth-order valence-corrected chi connectivity index (χ4v) is 0. The van der Waals surface area contributed by atoms with Crippen molar-refractivity contribution in [2.45, 2.75) is 0 Å². The van der Waals surface area contributed by atoms with Gasteiger partial charge in [0.2, 0.25) is 0 Å². The van der Waals surface area contributed by atoms with Crippen molar-refractivity contribution in [3.8, 4) is 0 Å². The summed E-state index contributed by atoms with van der Waals surface area (Å²) in [7, 11) is 1.72. The molecule has 27 valence electrons. The van der Waals surface area contributed by atoms with Crippen molar-refractivity contribution in [2.24, 2.45) is 0 Å². The van der Waals surface area contributed by atoms with E-state index in [0.29, 0.717) is 0 Å². The summed E-state index contributed by atoms with van der Waals surface area (Å²) in [6.45, 7) is 0. The molecule has 0 aliphatic heterocycles. The Morgan fingerprint density at radius 2 is 1.20 bits per heavy atom. The molecule has 0 aromatic carbocycles. The van der Waals surface area contributed by atoms with Gasteiger partial charge in [-0.15, -0.1) is 0 Å². The Morgan fingerprint density at radius 1 is 1.20 bits per heavy atom. The largest absolute Gasteiger partial charge is 0 e. The van der Waals surface area contributed by atoms with Crippen molar-refractivity contribution in [1.29, 1.82) is 0 Å². The van der Waals surface area contributed by atoms with Crippen LogP contribution in [-0.2, 0) is 41.1 Å². The van der Waals surface area contributed by atoms with Crippen LogP contribution in [0.25, 0.3) is 0 Å². The molecule has 0 amide bonds. The molecule has 1 radical (unpaired) electrons. The molecule has 0 bridgehead atoms. The number of rotatable bonds is 0. The van der Waals surface area contributed by atoms with E-state index >= 15 is 0 Å². The minimum atomic E-state index is 0. The second-order valence-corrected chi connectivity index (χ2v) is 0. The molecular weight excluding hydrogens is 215 g/mol. The Hall–Kier alpha value is 2.88. The zero-order valence-corrected chi connectivity index (χ0v) is 6.83. The van der Waals surface area contributed by atoms with Crippen molar-refractivity contribution in [2.75, 3.05) is 0 Å². The molecule has 0 heterocycles. The summed E-state index contributed by atoms with van der Waals surface area (Å²) in [5.74, 6) is 0. The van der Waals surface area contributed by atoms with Gasteiger partial charge in [-0.25, -0.2) is 0 Å². The van der Waals surface area contributed by atoms with E-state index in [4.69, 9.17) is 4.57 Å². The van der Waals surface area contributed by atoms with Crippen molar-refractivity contribution in [3.63, 3.8) is 0 Å². The van der Waals surface area contributed by atoms with E-state index < -0.39 is 0 Å². The van der Waals surface area contributed by atoms with Crippen molar-refractivity contribution in [3.05, 3.63) is 0 Å². The van der Waals surface area contributed by atoms with Gasteiger partial charge in [-0.2, -0.15) is 0 Å². The SMILES string of the molecule is O=P.[Cu].[KH].[Zn]. The van der Waals surface area contributed by atoms with Crippen LogP contribution < -0.4 is 0 Å². The Bertz CT molecular complexity index is 11.6. The molecule has 0 aliphatic carbocycles. The first-order chi connectivity index (χ1) is 1.00. The molecule has 0 saturated heterocycles. The number of hydrogen-bond acceptors (Lipinski definition) is 1. The van der Waals surface area contributed by atoms with Crippen LogP contribution in [0.3, 0.4) is 0 Å². The smallest absolute Gasteiger partial charge is 0 e. The van der Waals surface area contributed by atoms with Gasteiger partial charge in [0.15, 0.2) is 0 Å². The van der Waals surface area contributed by atoms with Crippen molar-refractivity contribution in [1.82, 2.24) is 0 Å². The van der Waals surface area contributed by atoms with Crippen molar-refractivity contribution < 1.29 is 41.1 Å². The summed E-state index contributed by atoms with van der Waals surface area (Å²) in [6, 6.07) is 0. The van der Waals surface area contributed by atoms with E-state index in [1.165, 1.54) is 0 Å². The fourth-order valence-electron chi connectivity index (χ4n) is 0. The molecular formula is H2CuKOPZn. The van der Waals surface area contributed by atoms with E-state index in [2.05, 4.69) is 0 Å².